The molecule has 0 aliphatic heterocycles. The molecule has 0 heterocycles. The molecule has 6 atom stereocenters. The van der Waals surface area contributed by atoms with Gasteiger partial charge in [-0.15, -0.1) is 0 Å². The zero-order chi connectivity index (χ0) is 26.2. The van der Waals surface area contributed by atoms with Gasteiger partial charge in [-0.1, -0.05) is 44.6 Å². The van der Waals surface area contributed by atoms with E-state index in [0.717, 1.165) is 30.1 Å². The molecule has 0 saturated heterocycles. The molecule has 35 heavy (non-hydrogen) atoms. The number of carbonyl (C=O) groups excluding carboxylic acids is 3. The number of fused-ring (bicyclic) bond motifs is 3. The number of Topliss-reactive ketones (excluding diaryl/α,β-unsaturated/α-hetero) is 2. The fourth-order valence-electron chi connectivity index (χ4n) is 7.47. The fraction of sp³-hybridized carbons (Fsp3) is 0.552. The molecule has 4 aliphatic rings. The van der Waals surface area contributed by atoms with Crippen molar-refractivity contribution in [2.45, 2.75) is 79.9 Å². The quantitative estimate of drug-likeness (QED) is 0.442. The van der Waals surface area contributed by atoms with E-state index in [1.54, 1.807) is 6.92 Å². The Balaban J connectivity index is 2.13. The molecule has 0 aromatic carbocycles. The maximum Gasteiger partial charge on any atom is 0.330 e. The predicted molar refractivity (Wildman–Crippen MR) is 132 cm³/mol. The number of hydrogen-bond donors (Lipinski definition) is 2. The number of rotatable bonds is 3. The van der Waals surface area contributed by atoms with Gasteiger partial charge in [-0.2, -0.15) is 0 Å². The molecule has 1 fully saturated rings. The molecule has 6 unspecified atom stereocenters. The standard InChI is InChI=1S/C29H36O6/c1-9-20(32)35-26-27(6)13-19(31)22(17(5)30)25(34)29(27,8)16(4)23-24(33)21-14(2)11-10-12-18(21)15(3)28(23,26)7/h9,12,15,17,26,30-31H,1,10-11,13H2,2-8H3. The first kappa shape index (κ1) is 25.4. The van der Waals surface area contributed by atoms with Crippen LogP contribution >= 0.6 is 0 Å². The average Bonchev–Trinajstić information content (AvgIpc) is 2.77. The van der Waals surface area contributed by atoms with E-state index in [1.807, 2.05) is 34.6 Å². The summed E-state index contributed by atoms with van der Waals surface area (Å²) in [5, 5.41) is 21.4. The Bertz CT molecular complexity index is 1190. The van der Waals surface area contributed by atoms with Gasteiger partial charge in [0.25, 0.3) is 0 Å². The van der Waals surface area contributed by atoms with Crippen molar-refractivity contribution in [1.82, 2.24) is 0 Å². The second kappa shape index (κ2) is 7.89. The van der Waals surface area contributed by atoms with Gasteiger partial charge in [-0.25, -0.2) is 4.79 Å². The minimum atomic E-state index is -1.29. The minimum absolute atomic E-state index is 0.0203. The van der Waals surface area contributed by atoms with Gasteiger partial charge in [0.2, 0.25) is 0 Å². The monoisotopic (exact) mass is 480 g/mol. The lowest BCUT2D eigenvalue weighted by molar-refractivity contribution is -0.185. The molecule has 0 amide bonds. The zero-order valence-electron chi connectivity index (χ0n) is 21.7. The highest BCUT2D eigenvalue weighted by atomic mass is 16.5. The molecule has 1 saturated carbocycles. The molecular weight excluding hydrogens is 444 g/mol. The highest BCUT2D eigenvalue weighted by Crippen LogP contribution is 2.69. The normalized spacial score (nSPS) is 37.9. The molecule has 0 spiro atoms. The molecule has 0 bridgehead atoms. The van der Waals surface area contributed by atoms with Crippen LogP contribution in [0, 0.1) is 22.2 Å². The molecule has 0 radical (unpaired) electrons. The van der Waals surface area contributed by atoms with Crippen molar-refractivity contribution >= 4 is 17.5 Å². The van der Waals surface area contributed by atoms with E-state index in [1.165, 1.54) is 6.92 Å². The van der Waals surface area contributed by atoms with Crippen LogP contribution in [0.4, 0.5) is 0 Å². The Labute approximate surface area is 207 Å². The number of ketones is 2. The average molecular weight is 481 g/mol. The van der Waals surface area contributed by atoms with Gasteiger partial charge in [0.05, 0.1) is 17.1 Å². The highest BCUT2D eigenvalue weighted by Gasteiger charge is 2.71. The number of esters is 1. The third-order valence-electron chi connectivity index (χ3n) is 9.71. The Hall–Kier alpha value is -2.73. The molecule has 6 heteroatoms. The SMILES string of the molecule is C=CC(=O)OC1C2(C)C(=C(C)C3(C)C(=O)C(C(C)O)=C(O)CC13C)C(=O)C1=C(C)CCC=C1C2C. The third-order valence-corrected chi connectivity index (χ3v) is 9.71. The van der Waals surface area contributed by atoms with Gasteiger partial charge in [0.15, 0.2) is 11.6 Å². The van der Waals surface area contributed by atoms with Gasteiger partial charge in [0, 0.05) is 34.5 Å². The molecule has 4 aliphatic carbocycles. The largest absolute Gasteiger partial charge is 0.512 e. The van der Waals surface area contributed by atoms with Crippen LogP contribution in [-0.4, -0.2) is 40.0 Å². The van der Waals surface area contributed by atoms with Crippen LogP contribution in [0.15, 0.2) is 57.9 Å². The predicted octanol–water partition coefficient (Wildman–Crippen LogP) is 4.85. The first-order valence-electron chi connectivity index (χ1n) is 12.3. The summed E-state index contributed by atoms with van der Waals surface area (Å²) in [5.74, 6) is -1.60. The summed E-state index contributed by atoms with van der Waals surface area (Å²) >= 11 is 0. The van der Waals surface area contributed by atoms with Crippen molar-refractivity contribution in [3.05, 3.63) is 57.9 Å². The Kier molecular flexibility index (Phi) is 5.72. The van der Waals surface area contributed by atoms with Crippen LogP contribution in [0.25, 0.3) is 0 Å². The van der Waals surface area contributed by atoms with Crippen LogP contribution in [0.1, 0.15) is 67.7 Å². The maximum atomic E-state index is 14.2. The van der Waals surface area contributed by atoms with Crippen molar-refractivity contribution in [2.24, 2.45) is 22.2 Å². The lowest BCUT2D eigenvalue weighted by Gasteiger charge is -2.64. The van der Waals surface area contributed by atoms with Crippen LogP contribution < -0.4 is 0 Å². The van der Waals surface area contributed by atoms with Gasteiger partial charge < -0.3 is 14.9 Å². The van der Waals surface area contributed by atoms with Crippen LogP contribution in [0.5, 0.6) is 0 Å². The smallest absolute Gasteiger partial charge is 0.330 e. The summed E-state index contributed by atoms with van der Waals surface area (Å²) in [6.45, 7) is 16.4. The molecule has 6 nitrogen and oxygen atoms in total. The molecule has 4 rings (SSSR count). The third kappa shape index (κ3) is 2.95. The molecular formula is C29H36O6. The van der Waals surface area contributed by atoms with Crippen molar-refractivity contribution in [2.75, 3.05) is 0 Å². The summed E-state index contributed by atoms with van der Waals surface area (Å²) in [7, 11) is 0. The van der Waals surface area contributed by atoms with Gasteiger partial charge >= 0.3 is 5.97 Å². The van der Waals surface area contributed by atoms with Gasteiger partial charge in [-0.05, 0) is 52.0 Å². The van der Waals surface area contributed by atoms with Crippen LogP contribution in [0.3, 0.4) is 0 Å². The summed E-state index contributed by atoms with van der Waals surface area (Å²) in [6.07, 6.45) is 2.76. The van der Waals surface area contributed by atoms with E-state index >= 15 is 0 Å². The fourth-order valence-corrected chi connectivity index (χ4v) is 7.47. The van der Waals surface area contributed by atoms with E-state index < -0.39 is 40.2 Å². The Morgan fingerprint density at radius 1 is 1.26 bits per heavy atom. The zero-order valence-corrected chi connectivity index (χ0v) is 21.7. The maximum absolute atomic E-state index is 14.2. The molecule has 2 N–H and O–H groups in total. The molecule has 188 valence electrons. The van der Waals surface area contributed by atoms with Crippen LogP contribution in [0.2, 0.25) is 0 Å². The number of allylic oxidation sites excluding steroid dienone is 6. The number of carbonyl (C=O) groups is 3. The lowest BCUT2D eigenvalue weighted by atomic mass is 9.39. The Morgan fingerprint density at radius 2 is 1.89 bits per heavy atom. The number of aliphatic hydroxyl groups is 2. The van der Waals surface area contributed by atoms with Crippen molar-refractivity contribution in [1.29, 1.82) is 0 Å². The highest BCUT2D eigenvalue weighted by molar-refractivity contribution is 6.16. The van der Waals surface area contributed by atoms with E-state index in [9.17, 15) is 24.6 Å². The summed E-state index contributed by atoms with van der Waals surface area (Å²) in [4.78, 5) is 41.0. The second-order valence-electron chi connectivity index (χ2n) is 11.3. The van der Waals surface area contributed by atoms with E-state index in [4.69, 9.17) is 4.74 Å². The molecule has 0 aromatic rings. The van der Waals surface area contributed by atoms with Gasteiger partial charge in [0.1, 0.15) is 11.9 Å². The summed E-state index contributed by atoms with van der Waals surface area (Å²) in [6, 6.07) is 0. The van der Waals surface area contributed by atoms with E-state index in [0.29, 0.717) is 16.7 Å². The number of hydrogen-bond acceptors (Lipinski definition) is 6. The topological polar surface area (TPSA) is 101 Å². The summed E-state index contributed by atoms with van der Waals surface area (Å²) < 4.78 is 6.08. The van der Waals surface area contributed by atoms with Gasteiger partial charge in [-0.3, -0.25) is 9.59 Å². The van der Waals surface area contributed by atoms with Crippen LogP contribution in [-0.2, 0) is 19.1 Å². The number of aliphatic hydroxyl groups excluding tert-OH is 2. The van der Waals surface area contributed by atoms with Crippen molar-refractivity contribution in [3.63, 3.8) is 0 Å². The van der Waals surface area contributed by atoms with Crippen molar-refractivity contribution < 1.29 is 29.3 Å². The van der Waals surface area contributed by atoms with Crippen molar-refractivity contribution in [3.8, 4) is 0 Å². The minimum Gasteiger partial charge on any atom is -0.512 e. The lowest BCUT2D eigenvalue weighted by Crippen LogP contribution is -2.67. The van der Waals surface area contributed by atoms with E-state index in [-0.39, 0.29) is 29.5 Å². The number of ether oxygens (including phenoxy) is 1. The first-order chi connectivity index (χ1) is 16.2. The second-order valence-corrected chi connectivity index (χ2v) is 11.3. The molecule has 0 aromatic heterocycles. The Morgan fingerprint density at radius 3 is 2.46 bits per heavy atom. The summed E-state index contributed by atoms with van der Waals surface area (Å²) in [5.41, 5.74) is 0.448. The van der Waals surface area contributed by atoms with E-state index in [2.05, 4.69) is 12.7 Å². The first-order valence-corrected chi connectivity index (χ1v) is 12.3.